The summed E-state index contributed by atoms with van der Waals surface area (Å²) in [4.78, 5) is 11.8. The number of hydrogen-bond donors (Lipinski definition) is 0. The molecular weight excluding hydrogens is 176 g/mol. The van der Waals surface area contributed by atoms with Crippen molar-refractivity contribution in [3.05, 3.63) is 29.8 Å². The molecular formula is C12H14O2. The first-order valence-electron chi connectivity index (χ1n) is 5.09. The van der Waals surface area contributed by atoms with Gasteiger partial charge >= 0.3 is 0 Å². The molecule has 2 heteroatoms. The van der Waals surface area contributed by atoms with Gasteiger partial charge in [-0.05, 0) is 31.9 Å². The van der Waals surface area contributed by atoms with Gasteiger partial charge in [-0.1, -0.05) is 12.1 Å². The zero-order valence-electron chi connectivity index (χ0n) is 8.32. The summed E-state index contributed by atoms with van der Waals surface area (Å²) >= 11 is 0. The summed E-state index contributed by atoms with van der Waals surface area (Å²) in [6, 6.07) is 7.50. The number of ether oxygens (including phenoxy) is 1. The minimum absolute atomic E-state index is 0.244. The molecule has 0 amide bonds. The Kier molecular flexibility index (Phi) is 2.53. The van der Waals surface area contributed by atoms with Crippen LogP contribution in [0.1, 0.15) is 30.1 Å². The largest absolute Gasteiger partial charge is 0.493 e. The predicted octanol–water partition coefficient (Wildman–Crippen LogP) is 2.68. The van der Waals surface area contributed by atoms with E-state index in [-0.39, 0.29) is 11.7 Å². The number of rotatable bonds is 4. The molecule has 1 aromatic rings. The Bertz CT molecular complexity index is 340. The molecule has 1 aliphatic carbocycles. The van der Waals surface area contributed by atoms with Crippen LogP contribution in [0, 0.1) is 5.92 Å². The fraction of sp³-hybridized carbons (Fsp3) is 0.417. The molecule has 1 aliphatic rings. The molecule has 0 aromatic heterocycles. The van der Waals surface area contributed by atoms with Crippen LogP contribution in [0.5, 0.6) is 5.75 Å². The van der Waals surface area contributed by atoms with Gasteiger partial charge in [0.15, 0.2) is 5.78 Å². The van der Waals surface area contributed by atoms with Crippen LogP contribution in [-0.4, -0.2) is 12.4 Å². The van der Waals surface area contributed by atoms with Crippen molar-refractivity contribution in [2.75, 3.05) is 6.61 Å². The molecule has 0 heterocycles. The van der Waals surface area contributed by atoms with Gasteiger partial charge in [-0.3, -0.25) is 4.79 Å². The first-order chi connectivity index (χ1) is 6.83. The number of carbonyl (C=O) groups excluding carboxylic acids is 1. The van der Waals surface area contributed by atoms with Crippen LogP contribution in [0.3, 0.4) is 0 Å². The quantitative estimate of drug-likeness (QED) is 0.682. The molecule has 0 atom stereocenters. The van der Waals surface area contributed by atoms with Crippen LogP contribution >= 0.6 is 0 Å². The number of carbonyl (C=O) groups is 1. The van der Waals surface area contributed by atoms with Crippen molar-refractivity contribution in [3.8, 4) is 5.75 Å². The molecule has 2 rings (SSSR count). The van der Waals surface area contributed by atoms with Crippen LogP contribution in [0.2, 0.25) is 0 Å². The second-order valence-corrected chi connectivity index (χ2v) is 3.57. The van der Waals surface area contributed by atoms with Crippen LogP contribution in [0.4, 0.5) is 0 Å². The predicted molar refractivity (Wildman–Crippen MR) is 54.7 cm³/mol. The van der Waals surface area contributed by atoms with Gasteiger partial charge in [-0.2, -0.15) is 0 Å². The van der Waals surface area contributed by atoms with Gasteiger partial charge < -0.3 is 4.74 Å². The van der Waals surface area contributed by atoms with Crippen LogP contribution in [0.25, 0.3) is 0 Å². The molecule has 2 nitrogen and oxygen atoms in total. The number of para-hydroxylation sites is 1. The van der Waals surface area contributed by atoms with E-state index >= 15 is 0 Å². The molecule has 0 saturated heterocycles. The van der Waals surface area contributed by atoms with Gasteiger partial charge in [0, 0.05) is 5.92 Å². The van der Waals surface area contributed by atoms with Crippen molar-refractivity contribution in [1.29, 1.82) is 0 Å². The Morgan fingerprint density at radius 1 is 1.43 bits per heavy atom. The van der Waals surface area contributed by atoms with Gasteiger partial charge in [0.25, 0.3) is 0 Å². The van der Waals surface area contributed by atoms with E-state index in [1.165, 1.54) is 0 Å². The lowest BCUT2D eigenvalue weighted by Gasteiger charge is -2.07. The van der Waals surface area contributed by atoms with Gasteiger partial charge in [-0.15, -0.1) is 0 Å². The molecule has 0 bridgehead atoms. The maximum absolute atomic E-state index is 11.8. The van der Waals surface area contributed by atoms with E-state index in [1.807, 2.05) is 31.2 Å². The van der Waals surface area contributed by atoms with Crippen molar-refractivity contribution in [1.82, 2.24) is 0 Å². The zero-order valence-corrected chi connectivity index (χ0v) is 8.32. The highest BCUT2D eigenvalue weighted by Gasteiger charge is 2.31. The molecule has 0 N–H and O–H groups in total. The SMILES string of the molecule is CCOc1ccccc1C(=O)C1CC1. The molecule has 0 radical (unpaired) electrons. The van der Waals surface area contributed by atoms with Crippen LogP contribution in [0.15, 0.2) is 24.3 Å². The summed E-state index contributed by atoms with van der Waals surface area (Å²) in [5, 5.41) is 0. The number of benzene rings is 1. The zero-order chi connectivity index (χ0) is 9.97. The van der Waals surface area contributed by atoms with Crippen molar-refractivity contribution in [2.45, 2.75) is 19.8 Å². The average Bonchev–Trinajstić information content (AvgIpc) is 3.01. The molecule has 0 unspecified atom stereocenters. The summed E-state index contributed by atoms with van der Waals surface area (Å²) in [5.41, 5.74) is 0.747. The highest BCUT2D eigenvalue weighted by molar-refractivity contribution is 6.01. The van der Waals surface area contributed by atoms with Crippen molar-refractivity contribution in [2.24, 2.45) is 5.92 Å². The third-order valence-corrected chi connectivity index (χ3v) is 2.40. The van der Waals surface area contributed by atoms with E-state index in [4.69, 9.17) is 4.74 Å². The topological polar surface area (TPSA) is 26.3 Å². The molecule has 1 fully saturated rings. The molecule has 14 heavy (non-hydrogen) atoms. The van der Waals surface area contributed by atoms with Gasteiger partial charge in [0.05, 0.1) is 12.2 Å². The lowest BCUT2D eigenvalue weighted by Crippen LogP contribution is -2.05. The monoisotopic (exact) mass is 190 g/mol. The van der Waals surface area contributed by atoms with E-state index in [0.717, 1.165) is 24.2 Å². The third-order valence-electron chi connectivity index (χ3n) is 2.40. The fourth-order valence-electron chi connectivity index (χ4n) is 1.52. The van der Waals surface area contributed by atoms with Crippen molar-refractivity contribution >= 4 is 5.78 Å². The normalized spacial score (nSPS) is 15.2. The maximum Gasteiger partial charge on any atom is 0.169 e. The second kappa shape index (κ2) is 3.82. The van der Waals surface area contributed by atoms with Crippen molar-refractivity contribution in [3.63, 3.8) is 0 Å². The Balaban J connectivity index is 2.25. The minimum atomic E-state index is 0.244. The Labute approximate surface area is 83.9 Å². The first kappa shape index (κ1) is 9.25. The van der Waals surface area contributed by atoms with E-state index in [9.17, 15) is 4.79 Å². The lowest BCUT2D eigenvalue weighted by molar-refractivity contribution is 0.0964. The fourth-order valence-corrected chi connectivity index (χ4v) is 1.52. The summed E-state index contributed by atoms with van der Waals surface area (Å²) in [6.45, 7) is 2.54. The Hall–Kier alpha value is -1.31. The van der Waals surface area contributed by atoms with Gasteiger partial charge in [0.2, 0.25) is 0 Å². The van der Waals surface area contributed by atoms with Gasteiger partial charge in [-0.25, -0.2) is 0 Å². The molecule has 74 valence electrons. The smallest absolute Gasteiger partial charge is 0.169 e. The summed E-state index contributed by atoms with van der Waals surface area (Å²) in [7, 11) is 0. The Morgan fingerprint density at radius 2 is 2.14 bits per heavy atom. The van der Waals surface area contributed by atoms with E-state index in [2.05, 4.69) is 0 Å². The molecule has 1 aromatic carbocycles. The van der Waals surface area contributed by atoms with Crippen molar-refractivity contribution < 1.29 is 9.53 Å². The maximum atomic E-state index is 11.8. The second-order valence-electron chi connectivity index (χ2n) is 3.57. The summed E-state index contributed by atoms with van der Waals surface area (Å²) < 4.78 is 5.42. The highest BCUT2D eigenvalue weighted by atomic mass is 16.5. The number of Topliss-reactive ketones (excluding diaryl/α,β-unsaturated/α-hetero) is 1. The highest BCUT2D eigenvalue weighted by Crippen LogP contribution is 2.35. The first-order valence-corrected chi connectivity index (χ1v) is 5.09. The van der Waals surface area contributed by atoms with Gasteiger partial charge in [0.1, 0.15) is 5.75 Å². The van der Waals surface area contributed by atoms with Crippen LogP contribution < -0.4 is 4.74 Å². The number of ketones is 1. The van der Waals surface area contributed by atoms with E-state index < -0.39 is 0 Å². The number of hydrogen-bond acceptors (Lipinski definition) is 2. The Morgan fingerprint density at radius 3 is 2.79 bits per heavy atom. The minimum Gasteiger partial charge on any atom is -0.493 e. The van der Waals surface area contributed by atoms with E-state index in [0.29, 0.717) is 6.61 Å². The molecule has 0 aliphatic heterocycles. The summed E-state index contributed by atoms with van der Waals surface area (Å²) in [6.07, 6.45) is 2.08. The average molecular weight is 190 g/mol. The third kappa shape index (κ3) is 1.79. The molecule has 0 spiro atoms. The molecule has 1 saturated carbocycles. The standard InChI is InChI=1S/C12H14O2/c1-2-14-11-6-4-3-5-10(11)12(13)9-7-8-9/h3-6,9H,2,7-8H2,1H3. The lowest BCUT2D eigenvalue weighted by atomic mass is 10.1. The van der Waals surface area contributed by atoms with E-state index in [1.54, 1.807) is 0 Å². The van der Waals surface area contributed by atoms with Crippen LogP contribution in [-0.2, 0) is 0 Å². The summed E-state index contributed by atoms with van der Waals surface area (Å²) in [5.74, 6) is 1.23.